The molecule has 2 rings (SSSR count). The lowest BCUT2D eigenvalue weighted by Gasteiger charge is -2.26. The van der Waals surface area contributed by atoms with Crippen LogP contribution in [0.2, 0.25) is 0 Å². The molecule has 0 aliphatic heterocycles. The molecule has 20 heavy (non-hydrogen) atoms. The second kappa shape index (κ2) is 6.95. The summed E-state index contributed by atoms with van der Waals surface area (Å²) in [5, 5.41) is 13.1. The molecular weight excluding hydrogens is 254 g/mol. The zero-order valence-corrected chi connectivity index (χ0v) is 12.4. The van der Waals surface area contributed by atoms with E-state index < -0.39 is 0 Å². The van der Waals surface area contributed by atoms with Crippen LogP contribution in [0.25, 0.3) is 0 Å². The monoisotopic (exact) mass is 279 g/mol. The highest BCUT2D eigenvalue weighted by atomic mass is 16.5. The van der Waals surface area contributed by atoms with Crippen molar-refractivity contribution in [2.24, 2.45) is 5.41 Å². The van der Waals surface area contributed by atoms with Crippen molar-refractivity contribution in [3.05, 3.63) is 23.8 Å². The number of hydrogen-bond acceptors (Lipinski definition) is 4. The minimum absolute atomic E-state index is 0.0863. The number of rotatable bonds is 7. The van der Waals surface area contributed by atoms with Crippen LogP contribution in [0.1, 0.15) is 31.2 Å². The normalized spacial score (nSPS) is 17.1. The summed E-state index contributed by atoms with van der Waals surface area (Å²) in [4.78, 5) is 0. The first-order chi connectivity index (χ1) is 9.71. The molecule has 0 amide bonds. The highest BCUT2D eigenvalue weighted by Crippen LogP contribution is 2.37. The third kappa shape index (κ3) is 3.64. The summed E-state index contributed by atoms with van der Waals surface area (Å²) < 4.78 is 10.5. The third-order valence-corrected chi connectivity index (χ3v) is 4.24. The molecule has 0 aromatic heterocycles. The van der Waals surface area contributed by atoms with Gasteiger partial charge in [0.15, 0.2) is 0 Å². The standard InChI is InChI=1S/C16H25NO3/c1-19-14-7-13(8-15(9-14)20-2)10-17-11-16(12-18)5-3-4-6-16/h7-9,17-18H,3-6,10-12H2,1-2H3. The summed E-state index contributed by atoms with van der Waals surface area (Å²) in [5.74, 6) is 1.61. The van der Waals surface area contributed by atoms with Gasteiger partial charge < -0.3 is 19.9 Å². The zero-order valence-electron chi connectivity index (χ0n) is 12.4. The van der Waals surface area contributed by atoms with E-state index in [1.165, 1.54) is 12.8 Å². The van der Waals surface area contributed by atoms with E-state index in [1.807, 2.05) is 18.2 Å². The van der Waals surface area contributed by atoms with Gasteiger partial charge in [-0.1, -0.05) is 12.8 Å². The predicted molar refractivity (Wildman–Crippen MR) is 79.2 cm³/mol. The van der Waals surface area contributed by atoms with Gasteiger partial charge in [0.25, 0.3) is 0 Å². The molecule has 1 fully saturated rings. The van der Waals surface area contributed by atoms with Crippen molar-refractivity contribution in [1.82, 2.24) is 5.32 Å². The number of nitrogens with one attached hydrogen (secondary N) is 1. The maximum absolute atomic E-state index is 9.60. The smallest absolute Gasteiger partial charge is 0.122 e. The Morgan fingerprint density at radius 3 is 2.20 bits per heavy atom. The molecule has 1 aromatic rings. The summed E-state index contributed by atoms with van der Waals surface area (Å²) in [6.07, 6.45) is 4.71. The van der Waals surface area contributed by atoms with Crippen molar-refractivity contribution in [3.63, 3.8) is 0 Å². The first-order valence-corrected chi connectivity index (χ1v) is 7.25. The number of ether oxygens (including phenoxy) is 2. The molecule has 1 saturated carbocycles. The van der Waals surface area contributed by atoms with Crippen molar-refractivity contribution >= 4 is 0 Å². The Kier molecular flexibility index (Phi) is 5.26. The van der Waals surface area contributed by atoms with Crippen LogP contribution in [0, 0.1) is 5.41 Å². The SMILES string of the molecule is COc1cc(CNCC2(CO)CCCC2)cc(OC)c1. The first-order valence-electron chi connectivity index (χ1n) is 7.25. The Bertz CT molecular complexity index is 405. The molecule has 0 heterocycles. The van der Waals surface area contributed by atoms with E-state index in [0.29, 0.717) is 0 Å². The molecular formula is C16H25NO3. The summed E-state index contributed by atoms with van der Waals surface area (Å²) >= 11 is 0. The van der Waals surface area contributed by atoms with Crippen LogP contribution in [0.3, 0.4) is 0 Å². The Morgan fingerprint density at radius 1 is 1.10 bits per heavy atom. The number of aliphatic hydroxyl groups is 1. The molecule has 0 saturated heterocycles. The molecule has 1 aliphatic carbocycles. The van der Waals surface area contributed by atoms with E-state index >= 15 is 0 Å². The van der Waals surface area contributed by atoms with E-state index in [0.717, 1.165) is 43.0 Å². The lowest BCUT2D eigenvalue weighted by molar-refractivity contribution is 0.128. The lowest BCUT2D eigenvalue weighted by Crippen LogP contribution is -2.34. The van der Waals surface area contributed by atoms with Gasteiger partial charge in [0.05, 0.1) is 14.2 Å². The Hall–Kier alpha value is -1.26. The van der Waals surface area contributed by atoms with Gasteiger partial charge in [0, 0.05) is 31.2 Å². The van der Waals surface area contributed by atoms with Crippen LogP contribution >= 0.6 is 0 Å². The van der Waals surface area contributed by atoms with Gasteiger partial charge in [0.1, 0.15) is 11.5 Å². The van der Waals surface area contributed by atoms with Crippen LogP contribution in [-0.2, 0) is 6.54 Å². The van der Waals surface area contributed by atoms with Crippen molar-refractivity contribution in [3.8, 4) is 11.5 Å². The minimum atomic E-state index is 0.0863. The number of benzene rings is 1. The summed E-state index contributed by atoms with van der Waals surface area (Å²) in [6, 6.07) is 5.89. The summed E-state index contributed by atoms with van der Waals surface area (Å²) in [6.45, 7) is 1.90. The van der Waals surface area contributed by atoms with Gasteiger partial charge in [-0.25, -0.2) is 0 Å². The molecule has 1 aliphatic rings. The zero-order chi connectivity index (χ0) is 14.4. The second-order valence-corrected chi connectivity index (χ2v) is 5.69. The maximum Gasteiger partial charge on any atom is 0.122 e. The van der Waals surface area contributed by atoms with Gasteiger partial charge in [0.2, 0.25) is 0 Å². The maximum atomic E-state index is 9.60. The molecule has 4 heteroatoms. The van der Waals surface area contributed by atoms with Gasteiger partial charge in [-0.3, -0.25) is 0 Å². The third-order valence-electron chi connectivity index (χ3n) is 4.24. The van der Waals surface area contributed by atoms with Crippen LogP contribution in [-0.4, -0.2) is 32.5 Å². The molecule has 0 radical (unpaired) electrons. The van der Waals surface area contributed by atoms with Gasteiger partial charge in [-0.15, -0.1) is 0 Å². The molecule has 0 atom stereocenters. The summed E-state index contributed by atoms with van der Waals surface area (Å²) in [5.41, 5.74) is 1.22. The van der Waals surface area contributed by atoms with E-state index in [1.54, 1.807) is 14.2 Å². The predicted octanol–water partition coefficient (Wildman–Crippen LogP) is 2.35. The minimum Gasteiger partial charge on any atom is -0.497 e. The van der Waals surface area contributed by atoms with Gasteiger partial charge in [-0.2, -0.15) is 0 Å². The topological polar surface area (TPSA) is 50.7 Å². The summed E-state index contributed by atoms with van der Waals surface area (Å²) in [7, 11) is 3.32. The van der Waals surface area contributed by atoms with Crippen molar-refractivity contribution in [1.29, 1.82) is 0 Å². The lowest BCUT2D eigenvalue weighted by atomic mass is 9.87. The molecule has 1 aromatic carbocycles. The molecule has 112 valence electrons. The van der Waals surface area contributed by atoms with Crippen molar-refractivity contribution in [2.45, 2.75) is 32.2 Å². The molecule has 0 bridgehead atoms. The molecule has 0 spiro atoms. The average Bonchev–Trinajstić information content (AvgIpc) is 2.96. The highest BCUT2D eigenvalue weighted by Gasteiger charge is 2.32. The van der Waals surface area contributed by atoms with E-state index in [2.05, 4.69) is 5.32 Å². The fourth-order valence-electron chi connectivity index (χ4n) is 2.96. The number of aliphatic hydroxyl groups excluding tert-OH is 1. The quantitative estimate of drug-likeness (QED) is 0.804. The highest BCUT2D eigenvalue weighted by molar-refractivity contribution is 5.38. The number of hydrogen-bond donors (Lipinski definition) is 2. The second-order valence-electron chi connectivity index (χ2n) is 5.69. The Morgan fingerprint density at radius 2 is 1.70 bits per heavy atom. The van der Waals surface area contributed by atoms with Gasteiger partial charge >= 0.3 is 0 Å². The van der Waals surface area contributed by atoms with Gasteiger partial charge in [-0.05, 0) is 30.5 Å². The van der Waals surface area contributed by atoms with E-state index in [4.69, 9.17) is 9.47 Å². The van der Waals surface area contributed by atoms with Crippen LogP contribution < -0.4 is 14.8 Å². The fourth-order valence-corrected chi connectivity index (χ4v) is 2.96. The van der Waals surface area contributed by atoms with Crippen LogP contribution in [0.15, 0.2) is 18.2 Å². The fraction of sp³-hybridized carbons (Fsp3) is 0.625. The molecule has 4 nitrogen and oxygen atoms in total. The van der Waals surface area contributed by atoms with Crippen LogP contribution in [0.4, 0.5) is 0 Å². The largest absolute Gasteiger partial charge is 0.497 e. The van der Waals surface area contributed by atoms with E-state index in [-0.39, 0.29) is 12.0 Å². The Labute approximate surface area is 121 Å². The van der Waals surface area contributed by atoms with Crippen molar-refractivity contribution < 1.29 is 14.6 Å². The molecule has 2 N–H and O–H groups in total. The average molecular weight is 279 g/mol. The first kappa shape index (κ1) is 15.1. The number of methoxy groups -OCH3 is 2. The van der Waals surface area contributed by atoms with Crippen LogP contribution in [0.5, 0.6) is 11.5 Å². The molecule has 0 unspecified atom stereocenters. The Balaban J connectivity index is 1.93. The van der Waals surface area contributed by atoms with Crippen molar-refractivity contribution in [2.75, 3.05) is 27.4 Å². The van der Waals surface area contributed by atoms with E-state index in [9.17, 15) is 5.11 Å².